The number of ether oxygens (including phenoxy) is 1. The number of aromatic nitrogens is 2. The summed E-state index contributed by atoms with van der Waals surface area (Å²) < 4.78 is 5.53. The number of aryl methyl sites for hydroxylation is 1. The van der Waals surface area contributed by atoms with E-state index in [0.29, 0.717) is 12.5 Å². The number of nitrogens with zero attached hydrogens (tertiary/aromatic N) is 2. The normalized spacial score (nSPS) is 10.4. The van der Waals surface area contributed by atoms with Crippen LogP contribution in [0.2, 0.25) is 0 Å². The highest BCUT2D eigenvalue weighted by Crippen LogP contribution is 2.06. The molecule has 0 atom stereocenters. The van der Waals surface area contributed by atoms with Crippen LogP contribution in [-0.2, 0) is 6.54 Å². The fourth-order valence-corrected chi connectivity index (χ4v) is 1.71. The Hall–Kier alpha value is -1.94. The van der Waals surface area contributed by atoms with Crippen LogP contribution in [0.4, 0.5) is 0 Å². The molecular formula is C15H19N3O. The molecule has 1 aromatic carbocycles. The van der Waals surface area contributed by atoms with Crippen LogP contribution in [0.5, 0.6) is 5.88 Å². The quantitative estimate of drug-likeness (QED) is 0.773. The van der Waals surface area contributed by atoms with Crippen LogP contribution in [0, 0.1) is 6.92 Å². The highest BCUT2D eigenvalue weighted by Gasteiger charge is 1.96. The number of hydrogen-bond acceptors (Lipinski definition) is 4. The fraction of sp³-hybridized carbons (Fsp3) is 0.333. The van der Waals surface area contributed by atoms with Gasteiger partial charge in [0.2, 0.25) is 5.88 Å². The van der Waals surface area contributed by atoms with E-state index in [-0.39, 0.29) is 0 Å². The summed E-state index contributed by atoms with van der Waals surface area (Å²) in [5.74, 6) is 0.600. The van der Waals surface area contributed by atoms with Crippen molar-refractivity contribution in [2.24, 2.45) is 0 Å². The van der Waals surface area contributed by atoms with Crippen molar-refractivity contribution in [2.45, 2.75) is 19.9 Å². The van der Waals surface area contributed by atoms with Crippen molar-refractivity contribution in [1.29, 1.82) is 0 Å². The van der Waals surface area contributed by atoms with Gasteiger partial charge in [-0.05, 0) is 31.0 Å². The van der Waals surface area contributed by atoms with Crippen molar-refractivity contribution in [3.63, 3.8) is 0 Å². The molecule has 0 saturated heterocycles. The van der Waals surface area contributed by atoms with Crippen LogP contribution in [0.25, 0.3) is 0 Å². The van der Waals surface area contributed by atoms with Gasteiger partial charge in [-0.3, -0.25) is 0 Å². The smallest absolute Gasteiger partial charge is 0.233 e. The lowest BCUT2D eigenvalue weighted by Gasteiger charge is -2.06. The molecule has 0 radical (unpaired) electrons. The minimum atomic E-state index is 0.600. The van der Waals surface area contributed by atoms with E-state index in [4.69, 9.17) is 4.74 Å². The van der Waals surface area contributed by atoms with Gasteiger partial charge in [0, 0.05) is 12.6 Å². The number of benzene rings is 1. The zero-order chi connectivity index (χ0) is 13.3. The molecule has 0 aliphatic carbocycles. The molecule has 19 heavy (non-hydrogen) atoms. The van der Waals surface area contributed by atoms with Gasteiger partial charge in [0.1, 0.15) is 0 Å². The van der Waals surface area contributed by atoms with Gasteiger partial charge in [-0.2, -0.15) is 5.10 Å². The fourth-order valence-electron chi connectivity index (χ4n) is 1.71. The summed E-state index contributed by atoms with van der Waals surface area (Å²) in [5.41, 5.74) is 2.36. The molecule has 0 bridgehead atoms. The molecule has 0 saturated carbocycles. The van der Waals surface area contributed by atoms with Gasteiger partial charge in [0.25, 0.3) is 0 Å². The molecule has 0 spiro atoms. The van der Waals surface area contributed by atoms with E-state index >= 15 is 0 Å². The highest BCUT2D eigenvalue weighted by molar-refractivity contribution is 5.15. The number of hydrogen-bond donors (Lipinski definition) is 1. The Morgan fingerprint density at radius 2 is 2.05 bits per heavy atom. The standard InChI is InChI=1S/C15H19N3O/c1-13-10-15(18-17-11-13)19-9-5-8-16-12-14-6-3-2-4-7-14/h2-4,6-7,10-11,16H,5,8-9,12H2,1H3. The van der Waals surface area contributed by atoms with Crippen molar-refractivity contribution in [3.8, 4) is 5.88 Å². The van der Waals surface area contributed by atoms with Crippen LogP contribution >= 0.6 is 0 Å². The Morgan fingerprint density at radius 3 is 2.84 bits per heavy atom. The first-order valence-corrected chi connectivity index (χ1v) is 6.51. The van der Waals surface area contributed by atoms with Crippen LogP contribution in [0.15, 0.2) is 42.6 Å². The van der Waals surface area contributed by atoms with Crippen molar-refractivity contribution in [1.82, 2.24) is 15.5 Å². The Bertz CT molecular complexity index is 488. The molecular weight excluding hydrogens is 238 g/mol. The van der Waals surface area contributed by atoms with E-state index < -0.39 is 0 Å². The monoisotopic (exact) mass is 257 g/mol. The molecule has 1 heterocycles. The van der Waals surface area contributed by atoms with Crippen LogP contribution in [0.1, 0.15) is 17.5 Å². The highest BCUT2D eigenvalue weighted by atomic mass is 16.5. The van der Waals surface area contributed by atoms with E-state index in [1.807, 2.05) is 19.1 Å². The summed E-state index contributed by atoms with van der Waals surface area (Å²) in [5, 5.41) is 11.1. The van der Waals surface area contributed by atoms with Crippen LogP contribution in [0.3, 0.4) is 0 Å². The summed E-state index contributed by atoms with van der Waals surface area (Å²) in [6, 6.07) is 12.3. The van der Waals surface area contributed by atoms with Crippen LogP contribution < -0.4 is 10.1 Å². The first kappa shape index (κ1) is 13.5. The Labute approximate surface area is 113 Å². The zero-order valence-electron chi connectivity index (χ0n) is 11.2. The van der Waals surface area contributed by atoms with E-state index in [0.717, 1.165) is 25.1 Å². The van der Waals surface area contributed by atoms with Crippen LogP contribution in [-0.4, -0.2) is 23.3 Å². The molecule has 4 heteroatoms. The summed E-state index contributed by atoms with van der Waals surface area (Å²) in [7, 11) is 0. The average Bonchev–Trinajstić information content (AvgIpc) is 2.44. The molecule has 1 aromatic heterocycles. The van der Waals surface area contributed by atoms with Crippen molar-refractivity contribution < 1.29 is 4.74 Å². The van der Waals surface area contributed by atoms with Gasteiger partial charge >= 0.3 is 0 Å². The summed E-state index contributed by atoms with van der Waals surface area (Å²) in [6.07, 6.45) is 2.66. The molecule has 0 unspecified atom stereocenters. The third-order valence-electron chi connectivity index (χ3n) is 2.69. The maximum atomic E-state index is 5.53. The van der Waals surface area contributed by atoms with Gasteiger partial charge in [-0.15, -0.1) is 5.10 Å². The minimum Gasteiger partial charge on any atom is -0.477 e. The van der Waals surface area contributed by atoms with Crippen molar-refractivity contribution >= 4 is 0 Å². The molecule has 0 aliphatic rings. The lowest BCUT2D eigenvalue weighted by Crippen LogP contribution is -2.17. The van der Waals surface area contributed by atoms with Crippen molar-refractivity contribution in [3.05, 3.63) is 53.7 Å². The van der Waals surface area contributed by atoms with Gasteiger partial charge in [0.15, 0.2) is 0 Å². The van der Waals surface area contributed by atoms with Gasteiger partial charge < -0.3 is 10.1 Å². The Morgan fingerprint density at radius 1 is 1.21 bits per heavy atom. The van der Waals surface area contributed by atoms with Gasteiger partial charge in [-0.25, -0.2) is 0 Å². The lowest BCUT2D eigenvalue weighted by molar-refractivity contribution is 0.293. The zero-order valence-corrected chi connectivity index (χ0v) is 11.2. The Balaban J connectivity index is 1.58. The minimum absolute atomic E-state index is 0.600. The maximum absolute atomic E-state index is 5.53. The van der Waals surface area contributed by atoms with E-state index in [2.05, 4.69) is 39.8 Å². The SMILES string of the molecule is Cc1cnnc(OCCCNCc2ccccc2)c1. The van der Waals surface area contributed by atoms with Gasteiger partial charge in [0.05, 0.1) is 12.8 Å². The largest absolute Gasteiger partial charge is 0.477 e. The van der Waals surface area contributed by atoms with Gasteiger partial charge in [-0.1, -0.05) is 30.3 Å². The molecule has 0 amide bonds. The second-order valence-corrected chi connectivity index (χ2v) is 4.44. The van der Waals surface area contributed by atoms with Crippen molar-refractivity contribution in [2.75, 3.05) is 13.2 Å². The number of nitrogens with one attached hydrogen (secondary N) is 1. The second-order valence-electron chi connectivity index (χ2n) is 4.44. The summed E-state index contributed by atoms with van der Waals surface area (Å²) in [6.45, 7) is 4.45. The van der Waals surface area contributed by atoms with E-state index in [1.54, 1.807) is 6.20 Å². The first-order chi connectivity index (χ1) is 9.34. The van der Waals surface area contributed by atoms with E-state index in [1.165, 1.54) is 5.56 Å². The third kappa shape index (κ3) is 5.06. The third-order valence-corrected chi connectivity index (χ3v) is 2.69. The first-order valence-electron chi connectivity index (χ1n) is 6.51. The topological polar surface area (TPSA) is 47.0 Å². The Kier molecular flexibility index (Phi) is 5.31. The molecule has 0 aliphatic heterocycles. The summed E-state index contributed by atoms with van der Waals surface area (Å²) >= 11 is 0. The predicted octanol–water partition coefficient (Wildman–Crippen LogP) is 2.34. The molecule has 100 valence electrons. The number of rotatable bonds is 7. The summed E-state index contributed by atoms with van der Waals surface area (Å²) in [4.78, 5) is 0. The molecule has 1 N–H and O–H groups in total. The molecule has 2 aromatic rings. The molecule has 0 fully saturated rings. The molecule has 4 nitrogen and oxygen atoms in total. The molecule has 2 rings (SSSR count). The van der Waals surface area contributed by atoms with E-state index in [9.17, 15) is 0 Å². The maximum Gasteiger partial charge on any atom is 0.233 e. The lowest BCUT2D eigenvalue weighted by atomic mass is 10.2. The average molecular weight is 257 g/mol. The second kappa shape index (κ2) is 7.48. The predicted molar refractivity (Wildman–Crippen MR) is 75.0 cm³/mol.